The molecule has 1 rings (SSSR count). The largest absolute Gasteiger partial charge is 0.340 e. The molecule has 0 fully saturated rings. The van der Waals surface area contributed by atoms with Gasteiger partial charge in [-0.2, -0.15) is 0 Å². The summed E-state index contributed by atoms with van der Waals surface area (Å²) in [5.74, 6) is -0.0252. The number of rotatable bonds is 4. The zero-order valence-electron chi connectivity index (χ0n) is 8.90. The average molecular weight is 250 g/mol. The van der Waals surface area contributed by atoms with Crippen molar-refractivity contribution in [2.75, 3.05) is 13.6 Å². The van der Waals surface area contributed by atoms with Crippen LogP contribution in [0.3, 0.4) is 0 Å². The first-order valence-electron chi connectivity index (χ1n) is 4.59. The van der Waals surface area contributed by atoms with Gasteiger partial charge in [0.1, 0.15) is 10.7 Å². The van der Waals surface area contributed by atoms with Crippen LogP contribution in [0.15, 0.2) is 5.38 Å². The lowest BCUT2D eigenvalue weighted by Crippen LogP contribution is -2.27. The number of halogens is 1. The summed E-state index contributed by atoms with van der Waals surface area (Å²) in [4.78, 5) is 17.5. The van der Waals surface area contributed by atoms with Crippen molar-refractivity contribution in [3.63, 3.8) is 0 Å². The maximum atomic E-state index is 11.7. The highest BCUT2D eigenvalue weighted by atomic mass is 35.5. The van der Waals surface area contributed by atoms with E-state index < -0.39 is 0 Å². The van der Waals surface area contributed by atoms with Crippen molar-refractivity contribution in [3.05, 3.63) is 16.1 Å². The fourth-order valence-electron chi connectivity index (χ4n) is 1.14. The fourth-order valence-corrected chi connectivity index (χ4v) is 1.78. The summed E-state index contributed by atoms with van der Waals surface area (Å²) >= 11 is 1.43. The molecule has 0 saturated carbocycles. The van der Waals surface area contributed by atoms with E-state index in [1.54, 1.807) is 17.3 Å². The van der Waals surface area contributed by atoms with E-state index in [-0.39, 0.29) is 18.3 Å². The maximum Gasteiger partial charge on any atom is 0.273 e. The van der Waals surface area contributed by atoms with Gasteiger partial charge in [0, 0.05) is 25.5 Å². The van der Waals surface area contributed by atoms with Gasteiger partial charge in [-0.15, -0.1) is 23.7 Å². The van der Waals surface area contributed by atoms with Crippen LogP contribution in [0.4, 0.5) is 0 Å². The standard InChI is InChI=1S/C9H15N3OS.ClH/c1-3-4-12(2)9(13)7-6-14-8(5-10)11-7;/h6H,3-5,10H2,1-2H3;1H. The van der Waals surface area contributed by atoms with Crippen molar-refractivity contribution in [2.45, 2.75) is 19.9 Å². The lowest BCUT2D eigenvalue weighted by molar-refractivity contribution is 0.0790. The lowest BCUT2D eigenvalue weighted by atomic mass is 10.4. The third kappa shape index (κ3) is 3.77. The summed E-state index contributed by atoms with van der Waals surface area (Å²) in [6, 6.07) is 0. The molecule has 0 aliphatic carbocycles. The van der Waals surface area contributed by atoms with Gasteiger partial charge in [-0.3, -0.25) is 4.79 Å². The minimum absolute atomic E-state index is 0. The molecule has 0 aliphatic heterocycles. The first kappa shape index (κ1) is 14.3. The average Bonchev–Trinajstić information content (AvgIpc) is 2.65. The van der Waals surface area contributed by atoms with E-state index in [4.69, 9.17) is 5.73 Å². The molecule has 0 unspecified atom stereocenters. The highest BCUT2D eigenvalue weighted by Gasteiger charge is 2.13. The molecule has 86 valence electrons. The molecule has 2 N–H and O–H groups in total. The van der Waals surface area contributed by atoms with Crippen molar-refractivity contribution in [3.8, 4) is 0 Å². The molecular formula is C9H16ClN3OS. The molecule has 15 heavy (non-hydrogen) atoms. The zero-order valence-corrected chi connectivity index (χ0v) is 10.5. The van der Waals surface area contributed by atoms with Crippen molar-refractivity contribution >= 4 is 29.7 Å². The van der Waals surface area contributed by atoms with Gasteiger partial charge in [0.2, 0.25) is 0 Å². The van der Waals surface area contributed by atoms with Gasteiger partial charge in [0.15, 0.2) is 0 Å². The van der Waals surface area contributed by atoms with Crippen LogP contribution in [-0.2, 0) is 6.54 Å². The van der Waals surface area contributed by atoms with E-state index in [1.165, 1.54) is 11.3 Å². The second kappa shape index (κ2) is 6.76. The lowest BCUT2D eigenvalue weighted by Gasteiger charge is -2.13. The van der Waals surface area contributed by atoms with Gasteiger partial charge in [-0.05, 0) is 6.42 Å². The quantitative estimate of drug-likeness (QED) is 0.880. The second-order valence-corrected chi connectivity index (χ2v) is 4.00. The first-order chi connectivity index (χ1) is 6.69. The van der Waals surface area contributed by atoms with Crippen LogP contribution in [0.2, 0.25) is 0 Å². The molecule has 1 aromatic heterocycles. The topological polar surface area (TPSA) is 59.2 Å². The summed E-state index contributed by atoms with van der Waals surface area (Å²) in [6.45, 7) is 3.19. The van der Waals surface area contributed by atoms with Crippen molar-refractivity contribution in [1.29, 1.82) is 0 Å². The second-order valence-electron chi connectivity index (χ2n) is 3.06. The number of nitrogens with zero attached hydrogens (tertiary/aromatic N) is 2. The third-order valence-corrected chi connectivity index (χ3v) is 2.72. The van der Waals surface area contributed by atoms with Gasteiger partial charge in [0.25, 0.3) is 5.91 Å². The first-order valence-corrected chi connectivity index (χ1v) is 5.47. The number of hydrogen-bond donors (Lipinski definition) is 1. The van der Waals surface area contributed by atoms with Gasteiger partial charge in [-0.1, -0.05) is 6.92 Å². The molecule has 0 saturated heterocycles. The van der Waals surface area contributed by atoms with Gasteiger partial charge < -0.3 is 10.6 Å². The Morgan fingerprint density at radius 3 is 2.80 bits per heavy atom. The van der Waals surface area contributed by atoms with Crippen LogP contribution in [0.1, 0.15) is 28.8 Å². The summed E-state index contributed by atoms with van der Waals surface area (Å²) in [7, 11) is 1.79. The fraction of sp³-hybridized carbons (Fsp3) is 0.556. The smallest absolute Gasteiger partial charge is 0.273 e. The molecule has 0 atom stereocenters. The van der Waals surface area contributed by atoms with E-state index in [1.807, 2.05) is 6.92 Å². The molecule has 6 heteroatoms. The Balaban J connectivity index is 0.00000196. The molecular weight excluding hydrogens is 234 g/mol. The van der Waals surface area contributed by atoms with Crippen molar-refractivity contribution in [1.82, 2.24) is 9.88 Å². The molecule has 0 aliphatic rings. The molecule has 0 radical (unpaired) electrons. The third-order valence-electron chi connectivity index (χ3n) is 1.85. The number of amides is 1. The molecule has 4 nitrogen and oxygen atoms in total. The predicted octanol–water partition coefficient (Wildman–Crippen LogP) is 1.51. The van der Waals surface area contributed by atoms with Gasteiger partial charge >= 0.3 is 0 Å². The zero-order chi connectivity index (χ0) is 10.6. The van der Waals surface area contributed by atoms with E-state index in [2.05, 4.69) is 4.98 Å². The Hall–Kier alpha value is -0.650. The normalized spacial score (nSPS) is 9.53. The summed E-state index contributed by atoms with van der Waals surface area (Å²) in [6.07, 6.45) is 0.954. The Kier molecular flexibility index (Phi) is 6.47. The maximum absolute atomic E-state index is 11.7. The van der Waals surface area contributed by atoms with Crippen LogP contribution < -0.4 is 5.73 Å². The summed E-state index contributed by atoms with van der Waals surface area (Å²) in [5, 5.41) is 2.56. The van der Waals surface area contributed by atoms with E-state index in [9.17, 15) is 4.79 Å². The van der Waals surface area contributed by atoms with E-state index in [0.29, 0.717) is 12.2 Å². The number of carbonyl (C=O) groups is 1. The number of thiazole rings is 1. The van der Waals surface area contributed by atoms with Gasteiger partial charge in [0.05, 0.1) is 0 Å². The molecule has 0 aromatic carbocycles. The minimum Gasteiger partial charge on any atom is -0.340 e. The molecule has 1 aromatic rings. The summed E-state index contributed by atoms with van der Waals surface area (Å²) in [5.41, 5.74) is 5.93. The monoisotopic (exact) mass is 249 g/mol. The number of nitrogens with two attached hydrogens (primary N) is 1. The molecule has 1 heterocycles. The van der Waals surface area contributed by atoms with Crippen LogP contribution in [0.5, 0.6) is 0 Å². The Morgan fingerprint density at radius 2 is 2.33 bits per heavy atom. The highest BCUT2D eigenvalue weighted by molar-refractivity contribution is 7.09. The Labute approximate surface area is 99.9 Å². The van der Waals surface area contributed by atoms with Crippen molar-refractivity contribution in [2.24, 2.45) is 5.73 Å². The number of carbonyl (C=O) groups excluding carboxylic acids is 1. The van der Waals surface area contributed by atoms with Crippen molar-refractivity contribution < 1.29 is 4.79 Å². The number of hydrogen-bond acceptors (Lipinski definition) is 4. The predicted molar refractivity (Wildman–Crippen MR) is 64.5 cm³/mol. The molecule has 0 bridgehead atoms. The van der Waals surface area contributed by atoms with Gasteiger partial charge in [-0.25, -0.2) is 4.98 Å². The highest BCUT2D eigenvalue weighted by Crippen LogP contribution is 2.10. The van der Waals surface area contributed by atoms with Crippen LogP contribution in [-0.4, -0.2) is 29.4 Å². The van der Waals surface area contributed by atoms with Crippen LogP contribution in [0.25, 0.3) is 0 Å². The Bertz CT molecular complexity index is 316. The van der Waals surface area contributed by atoms with Crippen LogP contribution in [0, 0.1) is 0 Å². The Morgan fingerprint density at radius 1 is 1.67 bits per heavy atom. The van der Waals surface area contributed by atoms with E-state index >= 15 is 0 Å². The molecule has 1 amide bonds. The number of aromatic nitrogens is 1. The van der Waals surface area contributed by atoms with Crippen LogP contribution >= 0.6 is 23.7 Å². The van der Waals surface area contributed by atoms with E-state index in [0.717, 1.165) is 18.0 Å². The SMILES string of the molecule is CCCN(C)C(=O)c1csc(CN)n1.Cl. The summed E-state index contributed by atoms with van der Waals surface area (Å²) < 4.78 is 0. The minimum atomic E-state index is -0.0252. The molecule has 0 spiro atoms.